The first-order valence-corrected chi connectivity index (χ1v) is 6.49. The molecule has 0 aliphatic carbocycles. The van der Waals surface area contributed by atoms with Crippen LogP contribution in [-0.4, -0.2) is 31.0 Å². The van der Waals surface area contributed by atoms with Crippen LogP contribution in [0.3, 0.4) is 0 Å². The van der Waals surface area contributed by atoms with Crippen LogP contribution in [0.1, 0.15) is 34.1 Å². The van der Waals surface area contributed by atoms with Gasteiger partial charge in [-0.3, -0.25) is 0 Å². The summed E-state index contributed by atoms with van der Waals surface area (Å²) in [6, 6.07) is 0.105. The van der Waals surface area contributed by atoms with E-state index in [1.165, 1.54) is 0 Å². The molecule has 1 saturated heterocycles. The van der Waals surface area contributed by atoms with E-state index in [4.69, 9.17) is 0 Å². The Morgan fingerprint density at radius 1 is 1.46 bits per heavy atom. The van der Waals surface area contributed by atoms with E-state index in [1.807, 2.05) is 20.8 Å². The van der Waals surface area contributed by atoms with Crippen LogP contribution >= 0.6 is 0 Å². The summed E-state index contributed by atoms with van der Waals surface area (Å²) in [5, 5.41) is 3.12. The van der Waals surface area contributed by atoms with Crippen LogP contribution in [0.25, 0.3) is 0 Å². The quantitative estimate of drug-likeness (QED) is 0.693. The van der Waals surface area contributed by atoms with Gasteiger partial charge in [0.2, 0.25) is 0 Å². The van der Waals surface area contributed by atoms with Gasteiger partial charge < -0.3 is 5.32 Å². The lowest BCUT2D eigenvalue weighted by Gasteiger charge is -2.40. The molecule has 13 heavy (non-hydrogen) atoms. The first-order chi connectivity index (χ1) is 5.78. The van der Waals surface area contributed by atoms with Crippen molar-refractivity contribution in [1.29, 1.82) is 0 Å². The van der Waals surface area contributed by atoms with E-state index in [2.05, 4.69) is 5.32 Å². The zero-order chi connectivity index (χ0) is 10.3. The first-order valence-electron chi connectivity index (χ1n) is 4.78. The molecule has 0 amide bonds. The summed E-state index contributed by atoms with van der Waals surface area (Å²) >= 11 is 0. The molecule has 78 valence electrons. The predicted octanol–water partition coefficient (Wildman–Crippen LogP) is 0.950. The third-order valence-electron chi connectivity index (χ3n) is 2.71. The van der Waals surface area contributed by atoms with Gasteiger partial charge in [-0.05, 0) is 27.2 Å². The molecule has 0 aromatic rings. The SMILES string of the molecule is CCC1NC(C)(C)CS(=O)(=O)C1C. The van der Waals surface area contributed by atoms with Crippen molar-refractivity contribution in [3.63, 3.8) is 0 Å². The third-order valence-corrected chi connectivity index (χ3v) is 5.30. The number of hydrogen-bond acceptors (Lipinski definition) is 3. The van der Waals surface area contributed by atoms with Crippen molar-refractivity contribution in [2.24, 2.45) is 0 Å². The topological polar surface area (TPSA) is 46.2 Å². The lowest BCUT2D eigenvalue weighted by Crippen LogP contribution is -2.61. The normalized spacial score (nSPS) is 37.2. The van der Waals surface area contributed by atoms with Gasteiger partial charge in [-0.15, -0.1) is 0 Å². The Labute approximate surface area is 80.8 Å². The van der Waals surface area contributed by atoms with Crippen molar-refractivity contribution in [3.05, 3.63) is 0 Å². The molecule has 0 bridgehead atoms. The number of nitrogens with one attached hydrogen (secondary N) is 1. The van der Waals surface area contributed by atoms with Crippen molar-refractivity contribution in [2.75, 3.05) is 5.75 Å². The van der Waals surface area contributed by atoms with Gasteiger partial charge in [-0.2, -0.15) is 0 Å². The Bertz CT molecular complexity index is 282. The van der Waals surface area contributed by atoms with Crippen LogP contribution in [-0.2, 0) is 9.84 Å². The zero-order valence-corrected chi connectivity index (χ0v) is 9.61. The smallest absolute Gasteiger partial charge is 0.156 e. The van der Waals surface area contributed by atoms with E-state index in [9.17, 15) is 8.42 Å². The van der Waals surface area contributed by atoms with Crippen LogP contribution in [0, 0.1) is 0 Å². The maximum atomic E-state index is 11.7. The van der Waals surface area contributed by atoms with Gasteiger partial charge in [0, 0.05) is 11.6 Å². The fraction of sp³-hybridized carbons (Fsp3) is 1.00. The molecule has 0 aromatic heterocycles. The molecule has 4 heteroatoms. The van der Waals surface area contributed by atoms with Gasteiger partial charge in [0.05, 0.1) is 11.0 Å². The highest BCUT2D eigenvalue weighted by molar-refractivity contribution is 7.92. The molecule has 2 unspecified atom stereocenters. The lowest BCUT2D eigenvalue weighted by atomic mass is 10.0. The first kappa shape index (κ1) is 11.0. The summed E-state index contributed by atoms with van der Waals surface area (Å²) in [6.07, 6.45) is 0.865. The molecule has 0 radical (unpaired) electrons. The van der Waals surface area contributed by atoms with E-state index in [0.29, 0.717) is 0 Å². The molecule has 1 aliphatic heterocycles. The molecule has 2 atom stereocenters. The average molecular weight is 205 g/mol. The molecule has 1 aliphatic rings. The molecule has 0 aromatic carbocycles. The van der Waals surface area contributed by atoms with Crippen LogP contribution < -0.4 is 5.32 Å². The Balaban J connectivity index is 2.95. The summed E-state index contributed by atoms with van der Waals surface area (Å²) in [6.45, 7) is 7.70. The summed E-state index contributed by atoms with van der Waals surface area (Å²) < 4.78 is 23.5. The van der Waals surface area contributed by atoms with Crippen LogP contribution in [0.4, 0.5) is 0 Å². The second kappa shape index (κ2) is 3.24. The number of rotatable bonds is 1. The molecule has 1 N–H and O–H groups in total. The second-order valence-corrected chi connectivity index (χ2v) is 6.91. The van der Waals surface area contributed by atoms with Crippen molar-refractivity contribution in [2.45, 2.75) is 50.9 Å². The highest BCUT2D eigenvalue weighted by Crippen LogP contribution is 2.23. The number of sulfone groups is 1. The average Bonchev–Trinajstić information content (AvgIpc) is 1.95. The van der Waals surface area contributed by atoms with E-state index in [0.717, 1.165) is 6.42 Å². The zero-order valence-electron chi connectivity index (χ0n) is 8.79. The summed E-state index contributed by atoms with van der Waals surface area (Å²) in [5.41, 5.74) is -0.272. The van der Waals surface area contributed by atoms with E-state index in [1.54, 1.807) is 6.92 Å². The number of hydrogen-bond donors (Lipinski definition) is 1. The highest BCUT2D eigenvalue weighted by Gasteiger charge is 2.40. The van der Waals surface area contributed by atoms with E-state index < -0.39 is 9.84 Å². The fourth-order valence-corrected chi connectivity index (χ4v) is 4.09. The third kappa shape index (κ3) is 2.23. The molecular weight excluding hydrogens is 186 g/mol. The Hall–Kier alpha value is -0.0900. The standard InChI is InChI=1S/C9H19NO2S/c1-5-8-7(2)13(11,12)6-9(3,4)10-8/h7-8,10H,5-6H2,1-4H3. The Morgan fingerprint density at radius 2 is 2.00 bits per heavy atom. The largest absolute Gasteiger partial charge is 0.307 e. The summed E-state index contributed by atoms with van der Waals surface area (Å²) in [4.78, 5) is 0. The maximum absolute atomic E-state index is 11.7. The fourth-order valence-electron chi connectivity index (χ4n) is 1.98. The minimum atomic E-state index is -2.89. The Kier molecular flexibility index (Phi) is 2.74. The van der Waals surface area contributed by atoms with Gasteiger partial charge in [-0.25, -0.2) is 8.42 Å². The van der Waals surface area contributed by atoms with Gasteiger partial charge >= 0.3 is 0 Å². The molecule has 3 nitrogen and oxygen atoms in total. The van der Waals surface area contributed by atoms with Crippen LogP contribution in [0.5, 0.6) is 0 Å². The monoisotopic (exact) mass is 205 g/mol. The second-order valence-electron chi connectivity index (χ2n) is 4.56. The summed E-state index contributed by atoms with van der Waals surface area (Å²) in [5.74, 6) is 0.248. The lowest BCUT2D eigenvalue weighted by molar-refractivity contribution is 0.324. The van der Waals surface area contributed by atoms with Crippen molar-refractivity contribution in [1.82, 2.24) is 5.32 Å². The molecule has 0 spiro atoms. The van der Waals surface area contributed by atoms with E-state index in [-0.39, 0.29) is 22.6 Å². The maximum Gasteiger partial charge on any atom is 0.156 e. The van der Waals surface area contributed by atoms with Crippen molar-refractivity contribution in [3.8, 4) is 0 Å². The van der Waals surface area contributed by atoms with Gasteiger partial charge in [0.25, 0.3) is 0 Å². The van der Waals surface area contributed by atoms with Gasteiger partial charge in [0.15, 0.2) is 9.84 Å². The van der Waals surface area contributed by atoms with Crippen molar-refractivity contribution >= 4 is 9.84 Å². The Morgan fingerprint density at radius 3 is 2.46 bits per heavy atom. The van der Waals surface area contributed by atoms with Crippen LogP contribution in [0.15, 0.2) is 0 Å². The van der Waals surface area contributed by atoms with Crippen molar-refractivity contribution < 1.29 is 8.42 Å². The molecule has 0 saturated carbocycles. The highest BCUT2D eigenvalue weighted by atomic mass is 32.2. The minimum Gasteiger partial charge on any atom is -0.307 e. The van der Waals surface area contributed by atoms with Crippen LogP contribution in [0.2, 0.25) is 0 Å². The van der Waals surface area contributed by atoms with E-state index >= 15 is 0 Å². The molecule has 1 fully saturated rings. The minimum absolute atomic E-state index is 0.105. The van der Waals surface area contributed by atoms with Gasteiger partial charge in [-0.1, -0.05) is 6.92 Å². The molecular formula is C9H19NO2S. The molecule has 1 rings (SSSR count). The predicted molar refractivity (Wildman–Crippen MR) is 54.5 cm³/mol. The van der Waals surface area contributed by atoms with Gasteiger partial charge in [0.1, 0.15) is 0 Å². The summed E-state index contributed by atoms with van der Waals surface area (Å²) in [7, 11) is -2.89. The molecule has 1 heterocycles.